The van der Waals surface area contributed by atoms with E-state index in [-0.39, 0.29) is 0 Å². The Hall–Kier alpha value is -0.670. The molecule has 1 saturated heterocycles. The summed E-state index contributed by atoms with van der Waals surface area (Å²) in [5.41, 5.74) is 4.98. The molecule has 92 valence electrons. The van der Waals surface area contributed by atoms with Gasteiger partial charge in [0.15, 0.2) is 0 Å². The van der Waals surface area contributed by atoms with Gasteiger partial charge in [-0.2, -0.15) is 0 Å². The second-order valence-electron chi connectivity index (χ2n) is 5.39. The maximum absolute atomic E-state index is 3.48. The first kappa shape index (κ1) is 11.4. The third-order valence-corrected chi connectivity index (χ3v) is 4.66. The van der Waals surface area contributed by atoms with Gasteiger partial charge >= 0.3 is 0 Å². The Kier molecular flexibility index (Phi) is 3.05. The third-order valence-electron chi connectivity index (χ3n) is 4.22. The number of hydrogen-bond donors (Lipinski definition) is 2. The number of nitrogens with one attached hydrogen (secondary N) is 2. The standard InChI is InChI=1S/C14H20N2S/c1-17-16-13-3-2-11-9-14(10-12(11)8-13)4-6-15-7-5-14/h2-3,8,15-16H,4-7,9-10H2,1H3. The zero-order valence-electron chi connectivity index (χ0n) is 10.4. The lowest BCUT2D eigenvalue weighted by Crippen LogP contribution is -2.37. The molecule has 0 saturated carbocycles. The minimum Gasteiger partial charge on any atom is -0.330 e. The van der Waals surface area contributed by atoms with Crippen LogP contribution in [0.25, 0.3) is 0 Å². The molecule has 1 heterocycles. The van der Waals surface area contributed by atoms with Gasteiger partial charge < -0.3 is 10.0 Å². The molecule has 0 radical (unpaired) electrons. The zero-order chi connectivity index (χ0) is 11.7. The van der Waals surface area contributed by atoms with E-state index in [2.05, 4.69) is 34.5 Å². The van der Waals surface area contributed by atoms with Gasteiger partial charge in [-0.15, -0.1) is 0 Å². The van der Waals surface area contributed by atoms with Crippen molar-refractivity contribution in [1.29, 1.82) is 0 Å². The molecular weight excluding hydrogens is 228 g/mol. The Bertz CT molecular complexity index is 411. The van der Waals surface area contributed by atoms with E-state index in [0.717, 1.165) is 0 Å². The molecule has 1 aromatic rings. The van der Waals surface area contributed by atoms with E-state index >= 15 is 0 Å². The monoisotopic (exact) mass is 248 g/mol. The molecule has 1 aliphatic carbocycles. The van der Waals surface area contributed by atoms with Crippen LogP contribution in [0.1, 0.15) is 24.0 Å². The van der Waals surface area contributed by atoms with Crippen LogP contribution in [0, 0.1) is 5.41 Å². The smallest absolute Gasteiger partial charge is 0.0442 e. The fourth-order valence-electron chi connectivity index (χ4n) is 3.33. The fraction of sp³-hybridized carbons (Fsp3) is 0.571. The second kappa shape index (κ2) is 4.54. The fourth-order valence-corrected chi connectivity index (χ4v) is 3.69. The average Bonchev–Trinajstić information content (AvgIpc) is 2.67. The highest BCUT2D eigenvalue weighted by Gasteiger charge is 2.37. The predicted molar refractivity (Wildman–Crippen MR) is 75.5 cm³/mol. The van der Waals surface area contributed by atoms with Crippen LogP contribution in [0.4, 0.5) is 5.69 Å². The quantitative estimate of drug-likeness (QED) is 0.787. The summed E-state index contributed by atoms with van der Waals surface area (Å²) in [7, 11) is 0. The van der Waals surface area contributed by atoms with Crippen molar-refractivity contribution in [2.75, 3.05) is 24.1 Å². The van der Waals surface area contributed by atoms with E-state index in [9.17, 15) is 0 Å². The molecule has 0 unspecified atom stereocenters. The molecule has 0 amide bonds. The first-order valence-corrected chi connectivity index (χ1v) is 7.65. The van der Waals surface area contributed by atoms with Crippen molar-refractivity contribution in [2.45, 2.75) is 25.7 Å². The predicted octanol–water partition coefficient (Wildman–Crippen LogP) is 2.84. The summed E-state index contributed by atoms with van der Waals surface area (Å²) in [6.45, 7) is 2.40. The Morgan fingerprint density at radius 2 is 1.94 bits per heavy atom. The maximum Gasteiger partial charge on any atom is 0.0442 e. The number of anilines is 1. The number of benzene rings is 1. The van der Waals surface area contributed by atoms with E-state index in [1.54, 1.807) is 23.1 Å². The normalized spacial score (nSPS) is 21.5. The van der Waals surface area contributed by atoms with Crippen molar-refractivity contribution in [3.05, 3.63) is 29.3 Å². The van der Waals surface area contributed by atoms with Crippen molar-refractivity contribution in [1.82, 2.24) is 5.32 Å². The molecule has 1 aliphatic heterocycles. The summed E-state index contributed by atoms with van der Waals surface area (Å²) in [5, 5.41) is 3.48. The number of piperidine rings is 1. The summed E-state index contributed by atoms with van der Waals surface area (Å²) in [4.78, 5) is 0. The summed E-state index contributed by atoms with van der Waals surface area (Å²) in [6, 6.07) is 6.89. The molecule has 0 bridgehead atoms. The summed E-state index contributed by atoms with van der Waals surface area (Å²) >= 11 is 1.67. The van der Waals surface area contributed by atoms with Crippen LogP contribution in [0.2, 0.25) is 0 Å². The van der Waals surface area contributed by atoms with Crippen LogP contribution >= 0.6 is 11.9 Å². The van der Waals surface area contributed by atoms with Crippen molar-refractivity contribution < 1.29 is 0 Å². The molecule has 1 aromatic carbocycles. The summed E-state index contributed by atoms with van der Waals surface area (Å²) in [5.74, 6) is 0. The third kappa shape index (κ3) is 2.18. The van der Waals surface area contributed by atoms with E-state index in [0.29, 0.717) is 5.41 Å². The molecule has 2 nitrogen and oxygen atoms in total. The van der Waals surface area contributed by atoms with E-state index in [1.165, 1.54) is 44.5 Å². The Morgan fingerprint density at radius 1 is 1.18 bits per heavy atom. The van der Waals surface area contributed by atoms with Crippen molar-refractivity contribution >= 4 is 17.6 Å². The van der Waals surface area contributed by atoms with Crippen LogP contribution in [0.15, 0.2) is 18.2 Å². The Morgan fingerprint density at radius 3 is 2.71 bits per heavy atom. The van der Waals surface area contributed by atoms with Crippen molar-refractivity contribution in [2.24, 2.45) is 5.41 Å². The molecule has 2 aliphatic rings. The summed E-state index contributed by atoms with van der Waals surface area (Å²) < 4.78 is 3.33. The highest BCUT2D eigenvalue weighted by molar-refractivity contribution is 7.99. The first-order valence-electron chi connectivity index (χ1n) is 6.43. The average molecular weight is 248 g/mol. The molecule has 0 aromatic heterocycles. The molecular formula is C14H20N2S. The lowest BCUT2D eigenvalue weighted by molar-refractivity contribution is 0.216. The van der Waals surface area contributed by atoms with Crippen molar-refractivity contribution in [3.8, 4) is 0 Å². The topological polar surface area (TPSA) is 24.1 Å². The van der Waals surface area contributed by atoms with Crippen LogP contribution in [-0.4, -0.2) is 19.3 Å². The number of fused-ring (bicyclic) bond motifs is 1. The van der Waals surface area contributed by atoms with Gasteiger partial charge in [-0.3, -0.25) is 0 Å². The minimum absolute atomic E-state index is 0.575. The Balaban J connectivity index is 1.82. The Labute approximate surface area is 108 Å². The van der Waals surface area contributed by atoms with E-state index in [1.807, 2.05) is 0 Å². The van der Waals surface area contributed by atoms with Crippen LogP contribution < -0.4 is 10.0 Å². The lowest BCUT2D eigenvalue weighted by atomic mass is 9.76. The van der Waals surface area contributed by atoms with Gasteiger partial charge in [0.2, 0.25) is 0 Å². The van der Waals surface area contributed by atoms with Gasteiger partial charge in [0.1, 0.15) is 0 Å². The molecule has 1 fully saturated rings. The highest BCUT2D eigenvalue weighted by atomic mass is 32.2. The second-order valence-corrected chi connectivity index (χ2v) is 6.01. The zero-order valence-corrected chi connectivity index (χ0v) is 11.2. The SMILES string of the molecule is CSNc1ccc2c(c1)CC1(CCNCC1)C2. The summed E-state index contributed by atoms with van der Waals surface area (Å²) in [6.07, 6.45) is 7.33. The lowest BCUT2D eigenvalue weighted by Gasteiger charge is -2.33. The van der Waals surface area contributed by atoms with Crippen LogP contribution in [0.3, 0.4) is 0 Å². The first-order chi connectivity index (χ1) is 8.31. The van der Waals surface area contributed by atoms with Crippen molar-refractivity contribution in [3.63, 3.8) is 0 Å². The largest absolute Gasteiger partial charge is 0.330 e. The molecule has 0 atom stereocenters. The molecule has 3 rings (SSSR count). The molecule has 1 spiro atoms. The van der Waals surface area contributed by atoms with Gasteiger partial charge in [0.05, 0.1) is 0 Å². The van der Waals surface area contributed by atoms with E-state index in [4.69, 9.17) is 0 Å². The van der Waals surface area contributed by atoms with Gasteiger partial charge in [0, 0.05) is 11.9 Å². The highest BCUT2D eigenvalue weighted by Crippen LogP contribution is 2.44. The van der Waals surface area contributed by atoms with E-state index < -0.39 is 0 Å². The minimum atomic E-state index is 0.575. The van der Waals surface area contributed by atoms with Crippen LogP contribution in [0.5, 0.6) is 0 Å². The molecule has 17 heavy (non-hydrogen) atoms. The van der Waals surface area contributed by atoms with Crippen LogP contribution in [-0.2, 0) is 12.8 Å². The molecule has 2 N–H and O–H groups in total. The van der Waals surface area contributed by atoms with Gasteiger partial charge in [-0.25, -0.2) is 0 Å². The molecule has 3 heteroatoms. The number of rotatable bonds is 2. The van der Waals surface area contributed by atoms with Gasteiger partial charge in [-0.05, 0) is 67.4 Å². The number of hydrogen-bond acceptors (Lipinski definition) is 3. The maximum atomic E-state index is 3.48. The van der Waals surface area contributed by atoms with Gasteiger partial charge in [0.25, 0.3) is 0 Å². The van der Waals surface area contributed by atoms with Gasteiger partial charge in [-0.1, -0.05) is 18.0 Å².